The maximum Gasteiger partial charge on any atom is 0.435 e. The summed E-state index contributed by atoms with van der Waals surface area (Å²) in [6.07, 6.45) is -0.447. The monoisotopic (exact) mass is 438 g/mol. The molecule has 170 valence electrons. The number of halogens is 3. The number of aromatic nitrogens is 4. The van der Waals surface area contributed by atoms with Crippen LogP contribution in [-0.4, -0.2) is 61.4 Å². The topological polar surface area (TPSA) is 59.2 Å². The third-order valence-corrected chi connectivity index (χ3v) is 6.13. The Hall–Kier alpha value is -2.36. The summed E-state index contributed by atoms with van der Waals surface area (Å²) in [5, 5.41) is 8.22. The maximum atomic E-state index is 13.0. The van der Waals surface area contributed by atoms with Crippen molar-refractivity contribution in [2.24, 2.45) is 0 Å². The quantitative estimate of drug-likeness (QED) is 0.667. The van der Waals surface area contributed by atoms with E-state index in [1.807, 2.05) is 16.5 Å². The van der Waals surface area contributed by atoms with Crippen molar-refractivity contribution < 1.29 is 18.0 Å². The number of nitrogens with zero attached hydrogens (tertiary/aromatic N) is 6. The zero-order valence-electron chi connectivity index (χ0n) is 18.0. The first-order valence-corrected chi connectivity index (χ1v) is 10.9. The minimum atomic E-state index is -4.46. The Balaban J connectivity index is 1.29. The minimum Gasteiger partial charge on any atom is -0.340 e. The summed E-state index contributed by atoms with van der Waals surface area (Å²) in [5.41, 5.74) is 1.97. The van der Waals surface area contributed by atoms with Crippen LogP contribution in [0, 0.1) is 6.92 Å². The third kappa shape index (κ3) is 5.11. The number of hydrogen-bond donors (Lipinski definition) is 0. The van der Waals surface area contributed by atoms with E-state index in [2.05, 4.69) is 28.2 Å². The number of carbonyl (C=O) groups excluding carboxylic acids is 1. The lowest BCUT2D eigenvalue weighted by molar-refractivity contribution is -0.141. The van der Waals surface area contributed by atoms with Crippen LogP contribution < -0.4 is 0 Å². The van der Waals surface area contributed by atoms with Crippen LogP contribution in [0.5, 0.6) is 0 Å². The summed E-state index contributed by atoms with van der Waals surface area (Å²) >= 11 is 0. The summed E-state index contributed by atoms with van der Waals surface area (Å²) in [4.78, 5) is 16.8. The van der Waals surface area contributed by atoms with Gasteiger partial charge in [-0.15, -0.1) is 0 Å². The maximum absolute atomic E-state index is 13.0. The summed E-state index contributed by atoms with van der Waals surface area (Å²) in [7, 11) is 0. The molecule has 2 aromatic heterocycles. The van der Waals surface area contributed by atoms with Crippen LogP contribution in [0.4, 0.5) is 13.2 Å². The smallest absolute Gasteiger partial charge is 0.340 e. The van der Waals surface area contributed by atoms with E-state index in [0.29, 0.717) is 18.8 Å². The molecule has 1 saturated heterocycles. The Kier molecular flexibility index (Phi) is 6.09. The van der Waals surface area contributed by atoms with E-state index in [1.165, 1.54) is 10.2 Å². The lowest BCUT2D eigenvalue weighted by Gasteiger charge is -2.34. The predicted molar refractivity (Wildman–Crippen MR) is 108 cm³/mol. The van der Waals surface area contributed by atoms with Crippen molar-refractivity contribution in [2.45, 2.75) is 64.8 Å². The van der Waals surface area contributed by atoms with Crippen molar-refractivity contribution in [3.63, 3.8) is 0 Å². The molecule has 31 heavy (non-hydrogen) atoms. The molecule has 2 aromatic rings. The molecular weight excluding hydrogens is 409 g/mol. The second-order valence-corrected chi connectivity index (χ2v) is 8.45. The van der Waals surface area contributed by atoms with Crippen LogP contribution in [0.15, 0.2) is 12.3 Å². The molecule has 2 aliphatic rings. The van der Waals surface area contributed by atoms with Crippen LogP contribution in [-0.2, 0) is 30.6 Å². The molecule has 1 aliphatic carbocycles. The molecule has 0 radical (unpaired) electrons. The summed E-state index contributed by atoms with van der Waals surface area (Å²) in [6.45, 7) is 8.71. The molecule has 0 spiro atoms. The van der Waals surface area contributed by atoms with Gasteiger partial charge in [0.2, 0.25) is 5.91 Å². The average Bonchev–Trinajstić information content (AvgIpc) is 3.38. The van der Waals surface area contributed by atoms with Gasteiger partial charge in [-0.3, -0.25) is 19.1 Å². The number of piperazine rings is 1. The largest absolute Gasteiger partial charge is 0.435 e. The first kappa shape index (κ1) is 21.9. The fraction of sp³-hybridized carbons (Fsp3) is 0.667. The SMILES string of the molecule is CCn1cc(CN2CCN(C(=O)CCn3nc(C(F)(F)F)cc3C3CC3)CC2)c(C)n1. The molecule has 1 aliphatic heterocycles. The molecule has 1 saturated carbocycles. The van der Waals surface area contributed by atoms with Crippen molar-refractivity contribution in [3.8, 4) is 0 Å². The Bertz CT molecular complexity index is 922. The highest BCUT2D eigenvalue weighted by molar-refractivity contribution is 5.76. The van der Waals surface area contributed by atoms with Crippen LogP contribution in [0.3, 0.4) is 0 Å². The van der Waals surface area contributed by atoms with Crippen LogP contribution in [0.1, 0.15) is 54.7 Å². The van der Waals surface area contributed by atoms with Gasteiger partial charge in [0.05, 0.1) is 5.69 Å². The van der Waals surface area contributed by atoms with Crippen LogP contribution in [0.2, 0.25) is 0 Å². The van der Waals surface area contributed by atoms with E-state index < -0.39 is 11.9 Å². The highest BCUT2D eigenvalue weighted by Crippen LogP contribution is 2.42. The highest BCUT2D eigenvalue weighted by atomic mass is 19.4. The number of alkyl halides is 3. The van der Waals surface area contributed by atoms with Gasteiger partial charge >= 0.3 is 6.18 Å². The molecule has 0 atom stereocenters. The number of carbonyl (C=O) groups is 1. The molecule has 10 heteroatoms. The molecule has 4 rings (SSSR count). The van der Waals surface area contributed by atoms with Gasteiger partial charge in [-0.2, -0.15) is 23.4 Å². The van der Waals surface area contributed by atoms with Gasteiger partial charge in [0, 0.05) is 75.6 Å². The zero-order chi connectivity index (χ0) is 22.2. The minimum absolute atomic E-state index is 0.0274. The predicted octanol–water partition coefficient (Wildman–Crippen LogP) is 3.04. The molecule has 0 unspecified atom stereocenters. The standard InChI is InChI=1S/C21H29F3N6O/c1-3-29-14-17(15(2)25-29)13-27-8-10-28(11-9-27)20(31)6-7-30-18(16-4-5-16)12-19(26-30)21(22,23)24/h12,14,16H,3-11,13H2,1-2H3. The second-order valence-electron chi connectivity index (χ2n) is 8.45. The number of rotatable bonds is 7. The lowest BCUT2D eigenvalue weighted by Crippen LogP contribution is -2.48. The fourth-order valence-electron chi connectivity index (χ4n) is 4.09. The van der Waals surface area contributed by atoms with E-state index in [0.717, 1.165) is 50.8 Å². The third-order valence-electron chi connectivity index (χ3n) is 6.13. The Morgan fingerprint density at radius 1 is 1.16 bits per heavy atom. The molecule has 3 heterocycles. The van der Waals surface area contributed by atoms with Crippen molar-refractivity contribution in [1.29, 1.82) is 0 Å². The Morgan fingerprint density at radius 2 is 1.87 bits per heavy atom. The second kappa shape index (κ2) is 8.64. The van der Waals surface area contributed by atoms with Crippen molar-refractivity contribution in [1.82, 2.24) is 29.4 Å². The molecule has 7 nitrogen and oxygen atoms in total. The van der Waals surface area contributed by atoms with Gasteiger partial charge in [-0.25, -0.2) is 0 Å². The first-order valence-electron chi connectivity index (χ1n) is 10.9. The lowest BCUT2D eigenvalue weighted by atomic mass is 10.2. The van der Waals surface area contributed by atoms with E-state index in [9.17, 15) is 18.0 Å². The van der Waals surface area contributed by atoms with Gasteiger partial charge in [0.15, 0.2) is 5.69 Å². The number of amides is 1. The fourth-order valence-corrected chi connectivity index (χ4v) is 4.09. The summed E-state index contributed by atoms with van der Waals surface area (Å²) < 4.78 is 42.4. The van der Waals surface area contributed by atoms with E-state index >= 15 is 0 Å². The number of aryl methyl sites for hydroxylation is 3. The van der Waals surface area contributed by atoms with E-state index in [4.69, 9.17) is 0 Å². The normalized spacial score (nSPS) is 18.0. The van der Waals surface area contributed by atoms with Gasteiger partial charge in [0.1, 0.15) is 0 Å². The molecule has 2 fully saturated rings. The molecular formula is C21H29F3N6O. The van der Waals surface area contributed by atoms with Crippen molar-refractivity contribution >= 4 is 5.91 Å². The molecule has 0 aromatic carbocycles. The number of hydrogen-bond acceptors (Lipinski definition) is 4. The van der Waals surface area contributed by atoms with Gasteiger partial charge in [-0.1, -0.05) is 0 Å². The molecule has 1 amide bonds. The Morgan fingerprint density at radius 3 is 2.45 bits per heavy atom. The first-order chi connectivity index (χ1) is 14.7. The van der Waals surface area contributed by atoms with Gasteiger partial charge in [0.25, 0.3) is 0 Å². The van der Waals surface area contributed by atoms with Crippen LogP contribution >= 0.6 is 0 Å². The van der Waals surface area contributed by atoms with E-state index in [-0.39, 0.29) is 24.8 Å². The summed E-state index contributed by atoms with van der Waals surface area (Å²) in [5.74, 6) is 0.114. The van der Waals surface area contributed by atoms with E-state index in [1.54, 1.807) is 0 Å². The average molecular weight is 438 g/mol. The van der Waals surface area contributed by atoms with Crippen LogP contribution in [0.25, 0.3) is 0 Å². The summed E-state index contributed by atoms with van der Waals surface area (Å²) in [6, 6.07) is 1.14. The highest BCUT2D eigenvalue weighted by Gasteiger charge is 2.37. The Labute approximate surface area is 179 Å². The van der Waals surface area contributed by atoms with Crippen molar-refractivity contribution in [2.75, 3.05) is 26.2 Å². The van der Waals surface area contributed by atoms with Crippen molar-refractivity contribution in [3.05, 3.63) is 34.9 Å². The van der Waals surface area contributed by atoms with Gasteiger partial charge in [-0.05, 0) is 32.8 Å². The molecule has 0 bridgehead atoms. The zero-order valence-corrected chi connectivity index (χ0v) is 18.0. The van der Waals surface area contributed by atoms with Gasteiger partial charge < -0.3 is 4.90 Å². The molecule has 0 N–H and O–H groups in total.